The number of carbonyl (C=O) groups excluding carboxylic acids is 1. The number of hydrogen-bond acceptors (Lipinski definition) is 1. The number of amides is 1. The Balaban J connectivity index is 2.15. The van der Waals surface area contributed by atoms with E-state index in [9.17, 15) is 13.6 Å². The molecule has 0 aliphatic carbocycles. The first-order chi connectivity index (χ1) is 7.48. The number of likely N-dealkylation sites (tertiary alicyclic amines) is 1. The van der Waals surface area contributed by atoms with Gasteiger partial charge in [-0.2, -0.15) is 0 Å². The van der Waals surface area contributed by atoms with Crippen LogP contribution in [0.25, 0.3) is 0 Å². The van der Waals surface area contributed by atoms with Crippen molar-refractivity contribution in [3.63, 3.8) is 0 Å². The number of nitrogens with zero attached hydrogens (tertiary/aromatic N) is 1. The van der Waals surface area contributed by atoms with E-state index >= 15 is 0 Å². The molecule has 2 nitrogen and oxygen atoms in total. The van der Waals surface area contributed by atoms with Crippen LogP contribution in [0.1, 0.15) is 29.3 Å². The highest BCUT2D eigenvalue weighted by Crippen LogP contribution is 2.27. The van der Waals surface area contributed by atoms with Crippen molar-refractivity contribution in [2.45, 2.75) is 19.3 Å². The molecule has 1 aliphatic rings. The topological polar surface area (TPSA) is 20.3 Å². The molecule has 1 amide bonds. The van der Waals surface area contributed by atoms with Gasteiger partial charge in [0.2, 0.25) is 0 Å². The second kappa shape index (κ2) is 3.85. The van der Waals surface area contributed by atoms with Crippen LogP contribution in [0.15, 0.2) is 24.3 Å². The van der Waals surface area contributed by atoms with E-state index in [0.29, 0.717) is 5.56 Å². The molecule has 0 bridgehead atoms. The summed E-state index contributed by atoms with van der Waals surface area (Å²) in [7, 11) is 0. The maximum atomic E-state index is 12.9. The fourth-order valence-electron chi connectivity index (χ4n) is 1.61. The molecule has 1 fully saturated rings. The van der Waals surface area contributed by atoms with Gasteiger partial charge in [0, 0.05) is 31.1 Å². The second-order valence-corrected chi connectivity index (χ2v) is 4.11. The summed E-state index contributed by atoms with van der Waals surface area (Å²) < 4.78 is 25.9. The third kappa shape index (κ3) is 2.05. The van der Waals surface area contributed by atoms with Gasteiger partial charge in [-0.1, -0.05) is 12.1 Å². The van der Waals surface area contributed by atoms with Gasteiger partial charge in [0.05, 0.1) is 0 Å². The van der Waals surface area contributed by atoms with Gasteiger partial charge in [0.1, 0.15) is 0 Å². The molecule has 0 atom stereocenters. The largest absolute Gasteiger partial charge is 0.339 e. The molecular weight excluding hydrogens is 212 g/mol. The molecule has 1 aliphatic heterocycles. The average molecular weight is 225 g/mol. The number of carbonyl (C=O) groups is 1. The van der Waals surface area contributed by atoms with E-state index in [-0.39, 0.29) is 11.5 Å². The van der Waals surface area contributed by atoms with Crippen LogP contribution in [0.2, 0.25) is 0 Å². The zero-order chi connectivity index (χ0) is 11.8. The van der Waals surface area contributed by atoms with Crippen molar-refractivity contribution in [2.24, 2.45) is 0 Å². The summed E-state index contributed by atoms with van der Waals surface area (Å²) in [6.45, 7) is 2.38. The Labute approximate surface area is 92.9 Å². The monoisotopic (exact) mass is 225 g/mol. The maximum absolute atomic E-state index is 12.9. The van der Waals surface area contributed by atoms with Crippen LogP contribution < -0.4 is 0 Å². The van der Waals surface area contributed by atoms with E-state index < -0.39 is 5.92 Å². The summed E-state index contributed by atoms with van der Waals surface area (Å²) in [4.78, 5) is 13.4. The van der Waals surface area contributed by atoms with Gasteiger partial charge in [-0.05, 0) is 18.6 Å². The lowest BCUT2D eigenvalue weighted by Gasteiger charge is -2.31. The first-order valence-corrected chi connectivity index (χ1v) is 5.26. The number of halogens is 2. The molecular formula is C12H13F2NO. The van der Waals surface area contributed by atoms with E-state index in [2.05, 4.69) is 0 Å². The molecule has 1 saturated heterocycles. The van der Waals surface area contributed by atoms with E-state index in [1.165, 1.54) is 24.3 Å². The summed E-state index contributed by atoms with van der Waals surface area (Å²) in [5.74, 6) is -2.92. The molecule has 0 spiro atoms. The van der Waals surface area contributed by atoms with Crippen molar-refractivity contribution in [2.75, 3.05) is 13.1 Å². The molecule has 1 heterocycles. The van der Waals surface area contributed by atoms with E-state index in [1.54, 1.807) is 4.90 Å². The SMILES string of the molecule is CC(F)(F)c1ccc(C(=O)N2CCC2)cc1. The van der Waals surface area contributed by atoms with Crippen molar-refractivity contribution in [3.05, 3.63) is 35.4 Å². The second-order valence-electron chi connectivity index (χ2n) is 4.11. The Morgan fingerprint density at radius 3 is 2.19 bits per heavy atom. The summed E-state index contributed by atoms with van der Waals surface area (Å²) >= 11 is 0. The molecule has 4 heteroatoms. The van der Waals surface area contributed by atoms with Gasteiger partial charge < -0.3 is 4.90 Å². The fourth-order valence-corrected chi connectivity index (χ4v) is 1.61. The van der Waals surface area contributed by atoms with Crippen molar-refractivity contribution >= 4 is 5.91 Å². The lowest BCUT2D eigenvalue weighted by Crippen LogP contribution is -2.42. The Bertz CT molecular complexity index is 390. The molecule has 0 aromatic heterocycles. The third-order valence-corrected chi connectivity index (χ3v) is 2.78. The number of hydrogen-bond donors (Lipinski definition) is 0. The van der Waals surface area contributed by atoms with Gasteiger partial charge in [-0.25, -0.2) is 8.78 Å². The van der Waals surface area contributed by atoms with Gasteiger partial charge >= 0.3 is 0 Å². The molecule has 0 radical (unpaired) electrons. The zero-order valence-corrected chi connectivity index (χ0v) is 9.04. The van der Waals surface area contributed by atoms with E-state index in [4.69, 9.17) is 0 Å². The van der Waals surface area contributed by atoms with Crippen LogP contribution in [0, 0.1) is 0 Å². The smallest absolute Gasteiger partial charge is 0.270 e. The van der Waals surface area contributed by atoms with Crippen LogP contribution in [-0.2, 0) is 5.92 Å². The summed E-state index contributed by atoms with van der Waals surface area (Å²) in [5, 5.41) is 0. The van der Waals surface area contributed by atoms with Crippen LogP contribution in [0.5, 0.6) is 0 Å². The number of alkyl halides is 2. The molecule has 1 aromatic rings. The highest BCUT2D eigenvalue weighted by atomic mass is 19.3. The van der Waals surface area contributed by atoms with Crippen molar-refractivity contribution < 1.29 is 13.6 Å². The number of benzene rings is 1. The van der Waals surface area contributed by atoms with Gasteiger partial charge in [-0.3, -0.25) is 4.79 Å². The Kier molecular flexibility index (Phi) is 2.66. The summed E-state index contributed by atoms with van der Waals surface area (Å²) in [6.07, 6.45) is 1.02. The zero-order valence-electron chi connectivity index (χ0n) is 9.04. The summed E-state index contributed by atoms with van der Waals surface area (Å²) in [6, 6.07) is 5.56. The van der Waals surface area contributed by atoms with Crippen molar-refractivity contribution in [3.8, 4) is 0 Å². The quantitative estimate of drug-likeness (QED) is 0.757. The van der Waals surface area contributed by atoms with Crippen LogP contribution >= 0.6 is 0 Å². The van der Waals surface area contributed by atoms with Crippen molar-refractivity contribution in [1.29, 1.82) is 0 Å². The first kappa shape index (κ1) is 11.0. The van der Waals surface area contributed by atoms with Crippen LogP contribution in [-0.4, -0.2) is 23.9 Å². The minimum absolute atomic E-state index is 0.0624. The Morgan fingerprint density at radius 2 is 1.81 bits per heavy atom. The predicted molar refractivity (Wildman–Crippen MR) is 56.5 cm³/mol. The molecule has 1 aromatic carbocycles. The van der Waals surface area contributed by atoms with Crippen LogP contribution in [0.4, 0.5) is 8.78 Å². The maximum Gasteiger partial charge on any atom is 0.270 e. The highest BCUT2D eigenvalue weighted by Gasteiger charge is 2.25. The lowest BCUT2D eigenvalue weighted by molar-refractivity contribution is 0.0174. The average Bonchev–Trinajstić information content (AvgIpc) is 2.14. The van der Waals surface area contributed by atoms with E-state index in [1.807, 2.05) is 0 Å². The van der Waals surface area contributed by atoms with Crippen LogP contribution in [0.3, 0.4) is 0 Å². The van der Waals surface area contributed by atoms with Crippen molar-refractivity contribution in [1.82, 2.24) is 4.90 Å². The fraction of sp³-hybridized carbons (Fsp3) is 0.417. The minimum atomic E-state index is -2.85. The molecule has 2 rings (SSSR count). The van der Waals surface area contributed by atoms with Gasteiger partial charge in [-0.15, -0.1) is 0 Å². The normalized spacial score (nSPS) is 15.8. The third-order valence-electron chi connectivity index (χ3n) is 2.78. The molecule has 0 unspecified atom stereocenters. The number of rotatable bonds is 2. The summed E-state index contributed by atoms with van der Waals surface area (Å²) in [5.41, 5.74) is 0.417. The lowest BCUT2D eigenvalue weighted by atomic mass is 10.1. The van der Waals surface area contributed by atoms with Gasteiger partial charge in [0.15, 0.2) is 0 Å². The Hall–Kier alpha value is -1.45. The molecule has 0 N–H and O–H groups in total. The molecule has 16 heavy (non-hydrogen) atoms. The first-order valence-electron chi connectivity index (χ1n) is 5.26. The molecule has 86 valence electrons. The molecule has 0 saturated carbocycles. The van der Waals surface area contributed by atoms with Gasteiger partial charge in [0.25, 0.3) is 11.8 Å². The highest BCUT2D eigenvalue weighted by molar-refractivity contribution is 5.94. The van der Waals surface area contributed by atoms with E-state index in [0.717, 1.165) is 26.4 Å². The minimum Gasteiger partial charge on any atom is -0.339 e. The standard InChI is InChI=1S/C12H13F2NO/c1-12(13,14)10-5-3-9(4-6-10)11(16)15-7-2-8-15/h3-6H,2,7-8H2,1H3. The Morgan fingerprint density at radius 1 is 1.25 bits per heavy atom. The predicted octanol–water partition coefficient (Wildman–Crippen LogP) is 2.64.